The summed E-state index contributed by atoms with van der Waals surface area (Å²) in [6.07, 6.45) is 4.69. The maximum atomic E-state index is 12.2. The number of likely N-dealkylation sites (tertiary alicyclic amines) is 1. The van der Waals surface area contributed by atoms with E-state index in [0.717, 1.165) is 47.3 Å². The smallest absolute Gasteiger partial charge is 0.260 e. The van der Waals surface area contributed by atoms with Crippen LogP contribution in [-0.2, 0) is 4.79 Å². The van der Waals surface area contributed by atoms with Gasteiger partial charge in [-0.15, -0.1) is 0 Å². The van der Waals surface area contributed by atoms with Gasteiger partial charge in [-0.2, -0.15) is 0 Å². The highest BCUT2D eigenvalue weighted by molar-refractivity contribution is 9.10. The lowest BCUT2D eigenvalue weighted by Crippen LogP contribution is -2.35. The third-order valence-electron chi connectivity index (χ3n) is 3.77. The van der Waals surface area contributed by atoms with Crippen LogP contribution in [0.15, 0.2) is 16.6 Å². The Bertz CT molecular complexity index is 480. The summed E-state index contributed by atoms with van der Waals surface area (Å²) >= 11 is 3.50. The standard InChI is InChI=1S/C16H22BrNO2/c1-12-10-15(13(2)9-14(12)17)20-11-16(19)18-7-5-3-4-6-8-18/h9-10H,3-8,11H2,1-2H3. The molecule has 0 atom stereocenters. The van der Waals surface area contributed by atoms with Crippen molar-refractivity contribution >= 4 is 21.8 Å². The molecule has 2 rings (SSSR count). The Morgan fingerprint density at radius 2 is 1.80 bits per heavy atom. The van der Waals surface area contributed by atoms with Gasteiger partial charge in [0, 0.05) is 17.6 Å². The number of halogens is 1. The molecule has 1 saturated heterocycles. The third kappa shape index (κ3) is 3.98. The van der Waals surface area contributed by atoms with E-state index in [0.29, 0.717) is 0 Å². The number of aryl methyl sites for hydroxylation is 2. The van der Waals surface area contributed by atoms with Gasteiger partial charge in [-0.1, -0.05) is 28.8 Å². The predicted molar refractivity (Wildman–Crippen MR) is 84.2 cm³/mol. The second-order valence-corrected chi connectivity index (χ2v) is 6.30. The van der Waals surface area contributed by atoms with E-state index in [-0.39, 0.29) is 12.5 Å². The van der Waals surface area contributed by atoms with Crippen molar-refractivity contribution in [2.24, 2.45) is 0 Å². The molecule has 1 aromatic carbocycles. The zero-order valence-corrected chi connectivity index (χ0v) is 13.8. The number of rotatable bonds is 3. The second kappa shape index (κ2) is 7.11. The molecule has 1 aliphatic heterocycles. The zero-order chi connectivity index (χ0) is 14.5. The molecule has 3 nitrogen and oxygen atoms in total. The third-order valence-corrected chi connectivity index (χ3v) is 4.62. The molecule has 0 N–H and O–H groups in total. The molecule has 1 aromatic rings. The van der Waals surface area contributed by atoms with Crippen molar-refractivity contribution in [2.75, 3.05) is 19.7 Å². The summed E-state index contributed by atoms with van der Waals surface area (Å²) in [5.41, 5.74) is 2.17. The maximum absolute atomic E-state index is 12.2. The lowest BCUT2D eigenvalue weighted by atomic mass is 10.1. The Morgan fingerprint density at radius 3 is 2.45 bits per heavy atom. The zero-order valence-electron chi connectivity index (χ0n) is 12.2. The largest absolute Gasteiger partial charge is 0.483 e. The summed E-state index contributed by atoms with van der Waals surface area (Å²) in [7, 11) is 0. The van der Waals surface area contributed by atoms with Gasteiger partial charge in [-0.25, -0.2) is 0 Å². The number of hydrogen-bond donors (Lipinski definition) is 0. The second-order valence-electron chi connectivity index (χ2n) is 5.45. The highest BCUT2D eigenvalue weighted by Gasteiger charge is 2.16. The number of benzene rings is 1. The number of carbonyl (C=O) groups is 1. The molecule has 4 heteroatoms. The minimum Gasteiger partial charge on any atom is -0.483 e. The molecule has 1 heterocycles. The van der Waals surface area contributed by atoms with Crippen LogP contribution in [0.25, 0.3) is 0 Å². The van der Waals surface area contributed by atoms with Gasteiger partial charge < -0.3 is 9.64 Å². The molecule has 110 valence electrons. The van der Waals surface area contributed by atoms with Crippen LogP contribution < -0.4 is 4.74 Å². The monoisotopic (exact) mass is 339 g/mol. The molecule has 0 radical (unpaired) electrons. The van der Waals surface area contributed by atoms with Crippen LogP contribution in [0.5, 0.6) is 5.75 Å². The van der Waals surface area contributed by atoms with Gasteiger partial charge in [0.1, 0.15) is 5.75 Å². The van der Waals surface area contributed by atoms with E-state index in [1.807, 2.05) is 30.9 Å². The van der Waals surface area contributed by atoms with Gasteiger partial charge in [-0.05, 0) is 49.9 Å². The lowest BCUT2D eigenvalue weighted by Gasteiger charge is -2.20. The average Bonchev–Trinajstić information content (AvgIpc) is 2.70. The molecule has 20 heavy (non-hydrogen) atoms. The van der Waals surface area contributed by atoms with E-state index < -0.39 is 0 Å². The lowest BCUT2D eigenvalue weighted by molar-refractivity contribution is -0.133. The predicted octanol–water partition coefficient (Wildman–Crippen LogP) is 3.85. The highest BCUT2D eigenvalue weighted by atomic mass is 79.9. The molecule has 0 aromatic heterocycles. The van der Waals surface area contributed by atoms with Gasteiger partial charge in [-0.3, -0.25) is 4.79 Å². The number of carbonyl (C=O) groups excluding carboxylic acids is 1. The molecule has 0 saturated carbocycles. The van der Waals surface area contributed by atoms with Crippen LogP contribution in [0.1, 0.15) is 36.8 Å². The minimum absolute atomic E-state index is 0.104. The summed E-state index contributed by atoms with van der Waals surface area (Å²) in [5, 5.41) is 0. The molecule has 1 amide bonds. The molecule has 0 bridgehead atoms. The van der Waals surface area contributed by atoms with Crippen molar-refractivity contribution in [3.63, 3.8) is 0 Å². The van der Waals surface area contributed by atoms with Crippen molar-refractivity contribution in [1.82, 2.24) is 4.90 Å². The van der Waals surface area contributed by atoms with Gasteiger partial charge in [0.05, 0.1) is 0 Å². The molecular formula is C16H22BrNO2. The Kier molecular flexibility index (Phi) is 5.46. The number of amides is 1. The summed E-state index contributed by atoms with van der Waals surface area (Å²) in [4.78, 5) is 14.1. The SMILES string of the molecule is Cc1cc(OCC(=O)N2CCCCCC2)c(C)cc1Br. The van der Waals surface area contributed by atoms with Crippen LogP contribution in [0.3, 0.4) is 0 Å². The van der Waals surface area contributed by atoms with E-state index in [1.54, 1.807) is 0 Å². The first-order valence-electron chi connectivity index (χ1n) is 7.25. The Balaban J connectivity index is 1.94. The van der Waals surface area contributed by atoms with Gasteiger partial charge in [0.25, 0.3) is 5.91 Å². The van der Waals surface area contributed by atoms with E-state index >= 15 is 0 Å². The van der Waals surface area contributed by atoms with Crippen molar-refractivity contribution in [3.05, 3.63) is 27.7 Å². The fraction of sp³-hybridized carbons (Fsp3) is 0.562. The molecule has 1 fully saturated rings. The van der Waals surface area contributed by atoms with Crippen molar-refractivity contribution < 1.29 is 9.53 Å². The Morgan fingerprint density at radius 1 is 1.15 bits per heavy atom. The molecule has 1 aliphatic rings. The summed E-state index contributed by atoms with van der Waals surface area (Å²) in [5.74, 6) is 0.903. The minimum atomic E-state index is 0.104. The Hall–Kier alpha value is -1.03. The molecular weight excluding hydrogens is 318 g/mol. The van der Waals surface area contributed by atoms with E-state index in [4.69, 9.17) is 4.74 Å². The van der Waals surface area contributed by atoms with Crippen LogP contribution in [0.2, 0.25) is 0 Å². The maximum Gasteiger partial charge on any atom is 0.260 e. The van der Waals surface area contributed by atoms with Crippen LogP contribution >= 0.6 is 15.9 Å². The van der Waals surface area contributed by atoms with Crippen LogP contribution in [0, 0.1) is 13.8 Å². The fourth-order valence-corrected chi connectivity index (χ4v) is 2.92. The highest BCUT2D eigenvalue weighted by Crippen LogP contribution is 2.26. The van der Waals surface area contributed by atoms with Gasteiger partial charge >= 0.3 is 0 Å². The molecule has 0 aliphatic carbocycles. The van der Waals surface area contributed by atoms with Gasteiger partial charge in [0.15, 0.2) is 6.61 Å². The first-order valence-corrected chi connectivity index (χ1v) is 8.04. The summed E-state index contributed by atoms with van der Waals surface area (Å²) in [6.45, 7) is 5.91. The normalized spacial score (nSPS) is 15.8. The number of hydrogen-bond acceptors (Lipinski definition) is 2. The van der Waals surface area contributed by atoms with E-state index in [1.165, 1.54) is 12.8 Å². The first kappa shape index (κ1) is 15.4. The van der Waals surface area contributed by atoms with Crippen LogP contribution in [-0.4, -0.2) is 30.5 Å². The molecule has 0 spiro atoms. The Labute approximate surface area is 129 Å². The van der Waals surface area contributed by atoms with Crippen LogP contribution in [0.4, 0.5) is 0 Å². The summed E-state index contributed by atoms with van der Waals surface area (Å²) in [6, 6.07) is 4.01. The quantitative estimate of drug-likeness (QED) is 0.837. The topological polar surface area (TPSA) is 29.5 Å². The number of ether oxygens (including phenoxy) is 1. The van der Waals surface area contributed by atoms with Crippen molar-refractivity contribution in [1.29, 1.82) is 0 Å². The molecule has 0 unspecified atom stereocenters. The summed E-state index contributed by atoms with van der Waals surface area (Å²) < 4.78 is 6.79. The number of nitrogens with zero attached hydrogens (tertiary/aromatic N) is 1. The van der Waals surface area contributed by atoms with Crippen molar-refractivity contribution in [3.8, 4) is 5.75 Å². The van der Waals surface area contributed by atoms with E-state index in [2.05, 4.69) is 15.9 Å². The van der Waals surface area contributed by atoms with E-state index in [9.17, 15) is 4.79 Å². The van der Waals surface area contributed by atoms with Gasteiger partial charge in [0.2, 0.25) is 0 Å². The average molecular weight is 340 g/mol. The fourth-order valence-electron chi connectivity index (χ4n) is 2.46. The van der Waals surface area contributed by atoms with Crippen molar-refractivity contribution in [2.45, 2.75) is 39.5 Å². The first-order chi connectivity index (χ1) is 9.58.